The first-order chi connectivity index (χ1) is 8.24. The Bertz CT molecular complexity index is 495. The Morgan fingerprint density at radius 1 is 0.941 bits per heavy atom. The van der Waals surface area contributed by atoms with Crippen LogP contribution >= 0.6 is 0 Å². The average molecular weight is 287 g/mol. The normalized spacial score (nSPS) is 11.5. The second kappa shape index (κ2) is 5.86. The molecule has 0 aliphatic carbocycles. The molecular formula is C16H16Se. The molecule has 0 aliphatic heterocycles. The van der Waals surface area contributed by atoms with Crippen molar-refractivity contribution in [2.75, 3.05) is 0 Å². The van der Waals surface area contributed by atoms with Gasteiger partial charge in [0.1, 0.15) is 0 Å². The van der Waals surface area contributed by atoms with Gasteiger partial charge in [-0.1, -0.05) is 0 Å². The fourth-order valence-corrected chi connectivity index (χ4v) is 3.41. The fourth-order valence-electron chi connectivity index (χ4n) is 1.60. The molecule has 2 aromatic carbocycles. The van der Waals surface area contributed by atoms with Crippen molar-refractivity contribution in [1.29, 1.82) is 0 Å². The molecule has 1 heteroatoms. The molecule has 0 saturated heterocycles. The number of rotatable bonds is 3. The van der Waals surface area contributed by atoms with Crippen molar-refractivity contribution in [3.8, 4) is 0 Å². The standard InChI is InChI=1S/C16H16Se/c1-13-8-10-15(11-9-13)12-14(2)17-16-6-4-3-5-7-16/h3-12H,1-2H3/b14-12-. The summed E-state index contributed by atoms with van der Waals surface area (Å²) < 4.78 is 2.88. The fraction of sp³-hybridized carbons (Fsp3) is 0.125. The van der Waals surface area contributed by atoms with Crippen molar-refractivity contribution in [2.24, 2.45) is 0 Å². The zero-order chi connectivity index (χ0) is 12.1. The number of hydrogen-bond acceptors (Lipinski definition) is 0. The van der Waals surface area contributed by atoms with Gasteiger partial charge in [-0.05, 0) is 0 Å². The zero-order valence-electron chi connectivity index (χ0n) is 10.2. The Balaban J connectivity index is 2.09. The van der Waals surface area contributed by atoms with Gasteiger partial charge in [-0.25, -0.2) is 0 Å². The number of aryl methyl sites for hydroxylation is 1. The van der Waals surface area contributed by atoms with E-state index in [0.717, 1.165) is 0 Å². The van der Waals surface area contributed by atoms with Gasteiger partial charge in [0.15, 0.2) is 0 Å². The van der Waals surface area contributed by atoms with Crippen molar-refractivity contribution in [3.05, 3.63) is 70.2 Å². The summed E-state index contributed by atoms with van der Waals surface area (Å²) in [5.41, 5.74) is 2.61. The average Bonchev–Trinajstić information content (AvgIpc) is 2.33. The Hall–Kier alpha value is -1.30. The molecular weight excluding hydrogens is 271 g/mol. The van der Waals surface area contributed by atoms with Crippen molar-refractivity contribution < 1.29 is 0 Å². The third-order valence-corrected chi connectivity index (χ3v) is 4.46. The van der Waals surface area contributed by atoms with Crippen molar-refractivity contribution in [1.82, 2.24) is 0 Å². The molecule has 0 spiro atoms. The molecule has 2 aromatic rings. The summed E-state index contributed by atoms with van der Waals surface area (Å²) in [7, 11) is 0. The molecule has 2 rings (SSSR count). The van der Waals surface area contributed by atoms with E-state index in [1.807, 2.05) is 0 Å². The molecule has 0 unspecified atom stereocenters. The molecule has 0 radical (unpaired) electrons. The molecule has 0 atom stereocenters. The van der Waals surface area contributed by atoms with E-state index in [1.165, 1.54) is 20.1 Å². The molecule has 86 valence electrons. The van der Waals surface area contributed by atoms with Gasteiger partial charge < -0.3 is 0 Å². The van der Waals surface area contributed by atoms with Crippen LogP contribution in [0.3, 0.4) is 0 Å². The van der Waals surface area contributed by atoms with Gasteiger partial charge in [-0.3, -0.25) is 0 Å². The molecule has 0 nitrogen and oxygen atoms in total. The van der Waals surface area contributed by atoms with Crippen LogP contribution in [0.4, 0.5) is 0 Å². The van der Waals surface area contributed by atoms with E-state index in [2.05, 4.69) is 74.5 Å². The predicted molar refractivity (Wildman–Crippen MR) is 76.7 cm³/mol. The molecule has 0 aliphatic rings. The van der Waals surface area contributed by atoms with Crippen molar-refractivity contribution in [3.63, 3.8) is 0 Å². The molecule has 0 N–H and O–H groups in total. The van der Waals surface area contributed by atoms with E-state index in [0.29, 0.717) is 15.0 Å². The van der Waals surface area contributed by atoms with E-state index in [-0.39, 0.29) is 0 Å². The Labute approximate surface area is 110 Å². The van der Waals surface area contributed by atoms with E-state index >= 15 is 0 Å². The van der Waals surface area contributed by atoms with Gasteiger partial charge in [-0.15, -0.1) is 0 Å². The first-order valence-electron chi connectivity index (χ1n) is 5.72. The number of hydrogen-bond donors (Lipinski definition) is 0. The summed E-state index contributed by atoms with van der Waals surface area (Å²) in [6.45, 7) is 4.33. The number of benzene rings is 2. The van der Waals surface area contributed by atoms with Crippen LogP contribution in [-0.4, -0.2) is 15.0 Å². The third-order valence-electron chi connectivity index (χ3n) is 2.47. The monoisotopic (exact) mass is 288 g/mol. The first kappa shape index (κ1) is 12.2. The molecule has 0 aromatic heterocycles. The van der Waals surface area contributed by atoms with Gasteiger partial charge in [0.2, 0.25) is 0 Å². The molecule has 17 heavy (non-hydrogen) atoms. The van der Waals surface area contributed by atoms with Gasteiger partial charge in [-0.2, -0.15) is 0 Å². The maximum absolute atomic E-state index is 2.28. The third kappa shape index (κ3) is 3.89. The van der Waals surface area contributed by atoms with Crippen LogP contribution < -0.4 is 4.46 Å². The molecule has 0 heterocycles. The van der Waals surface area contributed by atoms with Gasteiger partial charge in [0.05, 0.1) is 0 Å². The Kier molecular flexibility index (Phi) is 4.19. The van der Waals surface area contributed by atoms with E-state index < -0.39 is 0 Å². The van der Waals surface area contributed by atoms with E-state index in [4.69, 9.17) is 0 Å². The van der Waals surface area contributed by atoms with E-state index in [1.54, 1.807) is 0 Å². The summed E-state index contributed by atoms with van der Waals surface area (Å²) >= 11 is 0.437. The quantitative estimate of drug-likeness (QED) is 0.759. The minimum atomic E-state index is 0.437. The van der Waals surface area contributed by atoms with Gasteiger partial charge in [0, 0.05) is 0 Å². The number of allylic oxidation sites excluding steroid dienone is 1. The second-order valence-corrected chi connectivity index (χ2v) is 6.85. The minimum absolute atomic E-state index is 0.437. The topological polar surface area (TPSA) is 0 Å². The Morgan fingerprint density at radius 2 is 1.59 bits per heavy atom. The van der Waals surface area contributed by atoms with Crippen LogP contribution in [0, 0.1) is 6.92 Å². The van der Waals surface area contributed by atoms with Crippen LogP contribution in [0.25, 0.3) is 6.08 Å². The van der Waals surface area contributed by atoms with Crippen LogP contribution in [-0.2, 0) is 0 Å². The zero-order valence-corrected chi connectivity index (χ0v) is 11.9. The maximum atomic E-state index is 2.28. The first-order valence-corrected chi connectivity index (χ1v) is 7.43. The molecule has 0 amide bonds. The molecule has 0 fully saturated rings. The molecule has 0 saturated carbocycles. The summed E-state index contributed by atoms with van der Waals surface area (Å²) in [5.74, 6) is 0. The van der Waals surface area contributed by atoms with Gasteiger partial charge >= 0.3 is 110 Å². The van der Waals surface area contributed by atoms with Crippen LogP contribution in [0.2, 0.25) is 0 Å². The van der Waals surface area contributed by atoms with Crippen molar-refractivity contribution in [2.45, 2.75) is 13.8 Å². The SMILES string of the molecule is C/C(=C/c1ccc(C)cc1)[Se]c1ccccc1. The molecule has 0 bridgehead atoms. The van der Waals surface area contributed by atoms with Crippen LogP contribution in [0.1, 0.15) is 18.1 Å². The predicted octanol–water partition coefficient (Wildman–Crippen LogP) is 3.39. The van der Waals surface area contributed by atoms with Crippen molar-refractivity contribution >= 4 is 25.5 Å². The van der Waals surface area contributed by atoms with Crippen LogP contribution in [0.5, 0.6) is 0 Å². The van der Waals surface area contributed by atoms with Crippen LogP contribution in [0.15, 0.2) is 59.1 Å². The second-order valence-electron chi connectivity index (χ2n) is 4.08. The van der Waals surface area contributed by atoms with Gasteiger partial charge in [0.25, 0.3) is 0 Å². The summed E-state index contributed by atoms with van der Waals surface area (Å²) in [4.78, 5) is 0. The Morgan fingerprint density at radius 3 is 2.24 bits per heavy atom. The summed E-state index contributed by atoms with van der Waals surface area (Å²) in [5, 5.41) is 0. The summed E-state index contributed by atoms with van der Waals surface area (Å²) in [6, 6.07) is 19.4. The summed E-state index contributed by atoms with van der Waals surface area (Å²) in [6.07, 6.45) is 2.28. The van der Waals surface area contributed by atoms with E-state index in [9.17, 15) is 0 Å².